The molecule has 0 radical (unpaired) electrons. The average molecular weight is 353 g/mol. The maximum atomic E-state index is 10.5. The van der Waals surface area contributed by atoms with E-state index in [1.54, 1.807) is 4.90 Å². The summed E-state index contributed by atoms with van der Waals surface area (Å²) in [5, 5.41) is 5.20. The molecule has 0 atom stereocenters. The van der Waals surface area contributed by atoms with Crippen molar-refractivity contribution in [2.75, 3.05) is 13.6 Å². The number of carbonyl (C=O) groups is 1. The standard InChI is InChI=1S/C20H14.C5H9NO/c1-3-11-17-15(7-1)9-5-13-19(17)20-14-6-10-16-8-2-4-12-18(16)20;1-6-4-2-3-5(6)7/h1-14H;2-4H2,1H3. The third-order valence-electron chi connectivity index (χ3n) is 5.18. The van der Waals surface area contributed by atoms with Gasteiger partial charge in [-0.2, -0.15) is 0 Å². The van der Waals surface area contributed by atoms with Gasteiger partial charge in [-0.3, -0.25) is 4.79 Å². The molecule has 5 rings (SSSR count). The smallest absolute Gasteiger partial charge is 0.222 e. The van der Waals surface area contributed by atoms with Crippen LogP contribution in [0.2, 0.25) is 0 Å². The molecule has 4 aromatic rings. The largest absolute Gasteiger partial charge is 0.346 e. The van der Waals surface area contributed by atoms with E-state index in [1.165, 1.54) is 32.7 Å². The highest BCUT2D eigenvalue weighted by molar-refractivity contribution is 6.05. The maximum Gasteiger partial charge on any atom is 0.222 e. The molecular formula is C25H23NO. The Balaban J connectivity index is 0.000000218. The topological polar surface area (TPSA) is 20.3 Å². The molecule has 0 aliphatic carbocycles. The molecule has 0 aromatic heterocycles. The molecule has 1 amide bonds. The normalized spacial score (nSPS) is 13.7. The Kier molecular flexibility index (Phi) is 4.88. The number of carbonyl (C=O) groups excluding carboxylic acids is 1. The summed E-state index contributed by atoms with van der Waals surface area (Å²) in [5.74, 6) is 0.292. The van der Waals surface area contributed by atoms with Crippen molar-refractivity contribution in [3.63, 3.8) is 0 Å². The molecule has 0 N–H and O–H groups in total. The van der Waals surface area contributed by atoms with Gasteiger partial charge in [-0.05, 0) is 39.1 Å². The van der Waals surface area contributed by atoms with Gasteiger partial charge in [-0.15, -0.1) is 0 Å². The lowest BCUT2D eigenvalue weighted by Gasteiger charge is -2.10. The van der Waals surface area contributed by atoms with Crippen LogP contribution < -0.4 is 0 Å². The Morgan fingerprint density at radius 2 is 1.15 bits per heavy atom. The highest BCUT2D eigenvalue weighted by atomic mass is 16.2. The second-order valence-electron chi connectivity index (χ2n) is 6.97. The van der Waals surface area contributed by atoms with Crippen LogP contribution in [-0.2, 0) is 4.79 Å². The van der Waals surface area contributed by atoms with Crippen molar-refractivity contribution >= 4 is 27.5 Å². The Bertz CT molecular complexity index is 1010. The Labute approximate surface area is 160 Å². The third kappa shape index (κ3) is 3.56. The van der Waals surface area contributed by atoms with E-state index in [0.717, 1.165) is 19.4 Å². The van der Waals surface area contributed by atoms with Gasteiger partial charge in [-0.1, -0.05) is 84.9 Å². The van der Waals surface area contributed by atoms with E-state index < -0.39 is 0 Å². The Morgan fingerprint density at radius 1 is 0.667 bits per heavy atom. The lowest BCUT2D eigenvalue weighted by atomic mass is 9.94. The fourth-order valence-corrected chi connectivity index (χ4v) is 3.70. The molecule has 0 spiro atoms. The van der Waals surface area contributed by atoms with E-state index in [9.17, 15) is 4.79 Å². The van der Waals surface area contributed by atoms with E-state index in [4.69, 9.17) is 0 Å². The molecule has 2 nitrogen and oxygen atoms in total. The molecule has 4 aromatic carbocycles. The van der Waals surface area contributed by atoms with Crippen LogP contribution in [0.4, 0.5) is 0 Å². The summed E-state index contributed by atoms with van der Waals surface area (Å²) in [5.41, 5.74) is 2.61. The zero-order valence-electron chi connectivity index (χ0n) is 15.6. The molecule has 0 bridgehead atoms. The van der Waals surface area contributed by atoms with Gasteiger partial charge in [0.15, 0.2) is 0 Å². The molecule has 27 heavy (non-hydrogen) atoms. The Hall–Kier alpha value is -3.13. The lowest BCUT2D eigenvalue weighted by Crippen LogP contribution is -2.17. The molecule has 1 saturated heterocycles. The molecule has 0 saturated carbocycles. The van der Waals surface area contributed by atoms with Crippen molar-refractivity contribution in [1.82, 2.24) is 4.90 Å². The van der Waals surface area contributed by atoms with Crippen LogP contribution in [0, 0.1) is 0 Å². The van der Waals surface area contributed by atoms with Gasteiger partial charge < -0.3 is 4.90 Å². The third-order valence-corrected chi connectivity index (χ3v) is 5.18. The zero-order valence-corrected chi connectivity index (χ0v) is 15.6. The minimum absolute atomic E-state index is 0.292. The number of likely N-dealkylation sites (tertiary alicyclic amines) is 1. The van der Waals surface area contributed by atoms with Gasteiger partial charge in [0.05, 0.1) is 0 Å². The fourth-order valence-electron chi connectivity index (χ4n) is 3.70. The van der Waals surface area contributed by atoms with Crippen LogP contribution >= 0.6 is 0 Å². The molecule has 1 aliphatic heterocycles. The number of rotatable bonds is 1. The summed E-state index contributed by atoms with van der Waals surface area (Å²) in [4.78, 5) is 12.3. The summed E-state index contributed by atoms with van der Waals surface area (Å²) in [6, 6.07) is 30.2. The van der Waals surface area contributed by atoms with Crippen LogP contribution in [0.5, 0.6) is 0 Å². The fraction of sp³-hybridized carbons (Fsp3) is 0.160. The van der Waals surface area contributed by atoms with Crippen LogP contribution in [0.1, 0.15) is 12.8 Å². The van der Waals surface area contributed by atoms with Crippen molar-refractivity contribution in [2.45, 2.75) is 12.8 Å². The lowest BCUT2D eigenvalue weighted by molar-refractivity contribution is -0.126. The van der Waals surface area contributed by atoms with E-state index in [2.05, 4.69) is 84.9 Å². The van der Waals surface area contributed by atoms with Gasteiger partial charge in [0.25, 0.3) is 0 Å². The molecule has 1 fully saturated rings. The van der Waals surface area contributed by atoms with Crippen LogP contribution in [0.3, 0.4) is 0 Å². The van der Waals surface area contributed by atoms with Gasteiger partial charge in [0.2, 0.25) is 5.91 Å². The van der Waals surface area contributed by atoms with Crippen molar-refractivity contribution in [3.8, 4) is 11.1 Å². The second-order valence-corrected chi connectivity index (χ2v) is 6.97. The highest BCUT2D eigenvalue weighted by Gasteiger charge is 2.14. The first-order chi connectivity index (χ1) is 13.2. The number of benzene rings is 4. The zero-order chi connectivity index (χ0) is 18.6. The molecule has 0 unspecified atom stereocenters. The SMILES string of the molecule is CN1CCCC1=O.c1ccc2c(-c3cccc4ccccc34)cccc2c1. The summed E-state index contributed by atoms with van der Waals surface area (Å²) >= 11 is 0. The molecule has 1 aliphatic rings. The van der Waals surface area contributed by atoms with Crippen molar-refractivity contribution in [3.05, 3.63) is 84.9 Å². The van der Waals surface area contributed by atoms with Gasteiger partial charge >= 0.3 is 0 Å². The van der Waals surface area contributed by atoms with Crippen molar-refractivity contribution in [1.29, 1.82) is 0 Å². The molecule has 2 heteroatoms. The van der Waals surface area contributed by atoms with Crippen LogP contribution in [0.25, 0.3) is 32.7 Å². The van der Waals surface area contributed by atoms with E-state index in [-0.39, 0.29) is 0 Å². The average Bonchev–Trinajstić information content (AvgIpc) is 3.10. The number of hydrogen-bond donors (Lipinski definition) is 0. The molecule has 1 heterocycles. The summed E-state index contributed by atoms with van der Waals surface area (Å²) in [7, 11) is 1.84. The second kappa shape index (κ2) is 7.63. The monoisotopic (exact) mass is 353 g/mol. The van der Waals surface area contributed by atoms with Crippen LogP contribution in [-0.4, -0.2) is 24.4 Å². The Morgan fingerprint density at radius 3 is 1.56 bits per heavy atom. The van der Waals surface area contributed by atoms with Gasteiger partial charge in [0, 0.05) is 20.0 Å². The first kappa shape index (κ1) is 17.3. The first-order valence-corrected chi connectivity index (χ1v) is 9.44. The van der Waals surface area contributed by atoms with Crippen molar-refractivity contribution in [2.24, 2.45) is 0 Å². The quantitative estimate of drug-likeness (QED) is 0.417. The van der Waals surface area contributed by atoms with E-state index in [0.29, 0.717) is 5.91 Å². The number of nitrogens with zero attached hydrogens (tertiary/aromatic N) is 1. The van der Waals surface area contributed by atoms with E-state index >= 15 is 0 Å². The first-order valence-electron chi connectivity index (χ1n) is 9.44. The van der Waals surface area contributed by atoms with E-state index in [1.807, 2.05) is 7.05 Å². The van der Waals surface area contributed by atoms with Gasteiger partial charge in [-0.25, -0.2) is 0 Å². The minimum atomic E-state index is 0.292. The number of hydrogen-bond acceptors (Lipinski definition) is 1. The predicted octanol–water partition coefficient (Wildman–Crippen LogP) is 5.90. The predicted molar refractivity (Wildman–Crippen MR) is 114 cm³/mol. The van der Waals surface area contributed by atoms with Crippen LogP contribution in [0.15, 0.2) is 84.9 Å². The maximum absolute atomic E-state index is 10.5. The summed E-state index contributed by atoms with van der Waals surface area (Å²) < 4.78 is 0. The summed E-state index contributed by atoms with van der Waals surface area (Å²) in [6.45, 7) is 0.957. The van der Waals surface area contributed by atoms with Gasteiger partial charge in [0.1, 0.15) is 0 Å². The minimum Gasteiger partial charge on any atom is -0.346 e. The number of amides is 1. The number of fused-ring (bicyclic) bond motifs is 2. The highest BCUT2D eigenvalue weighted by Crippen LogP contribution is 2.33. The molecular weight excluding hydrogens is 330 g/mol. The van der Waals surface area contributed by atoms with Crippen molar-refractivity contribution < 1.29 is 4.79 Å². The summed E-state index contributed by atoms with van der Waals surface area (Å²) in [6.07, 6.45) is 1.81. The molecule has 134 valence electrons.